The average molecular weight is 407 g/mol. The van der Waals surface area contributed by atoms with E-state index in [0.29, 0.717) is 27.3 Å². The highest BCUT2D eigenvalue weighted by Crippen LogP contribution is 2.30. The highest BCUT2D eigenvalue weighted by Gasteiger charge is 2.13. The molecule has 0 spiro atoms. The normalized spacial score (nSPS) is 10.6. The Bertz CT molecular complexity index is 986. The molecule has 27 heavy (non-hydrogen) atoms. The van der Waals surface area contributed by atoms with Gasteiger partial charge in [-0.05, 0) is 30.3 Å². The van der Waals surface area contributed by atoms with Crippen LogP contribution in [0.25, 0.3) is 11.3 Å². The van der Waals surface area contributed by atoms with E-state index in [1.165, 1.54) is 30.5 Å². The number of nitro benzene ring substituents is 1. The summed E-state index contributed by atoms with van der Waals surface area (Å²) in [5.41, 5.74) is 0.566. The number of rotatable bonds is 6. The predicted molar refractivity (Wildman–Crippen MR) is 99.0 cm³/mol. The zero-order chi connectivity index (χ0) is 19.4. The Hall–Kier alpha value is -2.90. The first kappa shape index (κ1) is 18.9. The van der Waals surface area contributed by atoms with Crippen LogP contribution in [0.2, 0.25) is 10.0 Å². The van der Waals surface area contributed by atoms with Crippen molar-refractivity contribution in [2.45, 2.75) is 12.8 Å². The number of non-ortho nitro benzene ring substituents is 1. The highest BCUT2D eigenvalue weighted by atomic mass is 35.5. The largest absolute Gasteiger partial charge is 0.441 e. The average Bonchev–Trinajstić information content (AvgIpc) is 3.09. The number of hydrogen-bond acceptors (Lipinski definition) is 6. The van der Waals surface area contributed by atoms with Gasteiger partial charge in [-0.2, -0.15) is 0 Å². The van der Waals surface area contributed by atoms with Crippen LogP contribution in [0, 0.1) is 10.1 Å². The molecule has 0 N–H and O–H groups in total. The Morgan fingerprint density at radius 2 is 1.93 bits per heavy atom. The Kier molecular flexibility index (Phi) is 5.73. The molecule has 7 nitrogen and oxygen atoms in total. The van der Waals surface area contributed by atoms with E-state index in [2.05, 4.69) is 4.98 Å². The van der Waals surface area contributed by atoms with Gasteiger partial charge in [0, 0.05) is 29.1 Å². The van der Waals surface area contributed by atoms with Gasteiger partial charge in [0.1, 0.15) is 5.75 Å². The number of esters is 1. The topological polar surface area (TPSA) is 95.5 Å². The van der Waals surface area contributed by atoms with Gasteiger partial charge in [-0.3, -0.25) is 14.9 Å². The number of halogens is 2. The fraction of sp³-hybridized carbons (Fsp3) is 0.111. The molecule has 0 radical (unpaired) electrons. The highest BCUT2D eigenvalue weighted by molar-refractivity contribution is 6.36. The molecule has 0 bridgehead atoms. The van der Waals surface area contributed by atoms with Crippen LogP contribution in [-0.2, 0) is 11.2 Å². The van der Waals surface area contributed by atoms with Crippen molar-refractivity contribution in [3.05, 3.63) is 74.7 Å². The third-order valence-electron chi connectivity index (χ3n) is 3.57. The van der Waals surface area contributed by atoms with Gasteiger partial charge in [-0.1, -0.05) is 23.2 Å². The van der Waals surface area contributed by atoms with Crippen LogP contribution in [0.5, 0.6) is 5.75 Å². The van der Waals surface area contributed by atoms with Crippen LogP contribution >= 0.6 is 23.2 Å². The zero-order valence-electron chi connectivity index (χ0n) is 13.7. The summed E-state index contributed by atoms with van der Waals surface area (Å²) in [6.45, 7) is 0. The van der Waals surface area contributed by atoms with Crippen molar-refractivity contribution in [2.24, 2.45) is 0 Å². The van der Waals surface area contributed by atoms with Gasteiger partial charge in [-0.15, -0.1) is 0 Å². The molecule has 0 aliphatic rings. The Labute approximate surface area is 163 Å². The minimum Gasteiger partial charge on any atom is -0.441 e. The lowest BCUT2D eigenvalue weighted by Gasteiger charge is -2.03. The van der Waals surface area contributed by atoms with Crippen molar-refractivity contribution in [1.29, 1.82) is 0 Å². The van der Waals surface area contributed by atoms with E-state index in [1.54, 1.807) is 18.2 Å². The summed E-state index contributed by atoms with van der Waals surface area (Å²) in [6, 6.07) is 10.3. The number of ether oxygens (including phenoxy) is 1. The van der Waals surface area contributed by atoms with Crippen molar-refractivity contribution in [3.8, 4) is 17.1 Å². The molecule has 0 amide bonds. The monoisotopic (exact) mass is 406 g/mol. The predicted octanol–water partition coefficient (Wildman–Crippen LogP) is 5.09. The number of oxazole rings is 1. The van der Waals surface area contributed by atoms with E-state index in [1.807, 2.05) is 0 Å². The first-order chi connectivity index (χ1) is 12.9. The van der Waals surface area contributed by atoms with Crippen molar-refractivity contribution >= 4 is 34.9 Å². The van der Waals surface area contributed by atoms with Gasteiger partial charge in [0.2, 0.25) is 0 Å². The van der Waals surface area contributed by atoms with Crippen LogP contribution < -0.4 is 4.74 Å². The van der Waals surface area contributed by atoms with Gasteiger partial charge in [0.15, 0.2) is 11.7 Å². The number of nitro groups is 1. The molecule has 0 unspecified atom stereocenters. The van der Waals surface area contributed by atoms with E-state index in [-0.39, 0.29) is 24.3 Å². The fourth-order valence-electron chi connectivity index (χ4n) is 2.27. The van der Waals surface area contributed by atoms with E-state index in [4.69, 9.17) is 32.4 Å². The summed E-state index contributed by atoms with van der Waals surface area (Å²) in [5, 5.41) is 11.5. The van der Waals surface area contributed by atoms with Gasteiger partial charge in [0.05, 0.1) is 22.6 Å². The molecule has 1 heterocycles. The van der Waals surface area contributed by atoms with E-state index in [0.717, 1.165) is 0 Å². The van der Waals surface area contributed by atoms with Crippen LogP contribution in [0.1, 0.15) is 12.3 Å². The number of aromatic nitrogens is 1. The summed E-state index contributed by atoms with van der Waals surface area (Å²) in [4.78, 5) is 26.1. The number of hydrogen-bond donors (Lipinski definition) is 0. The second-order valence-corrected chi connectivity index (χ2v) is 6.31. The molecule has 0 saturated carbocycles. The van der Waals surface area contributed by atoms with Gasteiger partial charge in [0.25, 0.3) is 5.69 Å². The molecule has 1 aromatic heterocycles. The maximum absolute atomic E-state index is 11.9. The van der Waals surface area contributed by atoms with E-state index >= 15 is 0 Å². The SMILES string of the molecule is O=C(CCc1ncc(-c2ccc(Cl)cc2Cl)o1)Oc1ccc([N+](=O)[O-])cc1. The molecule has 0 aliphatic carbocycles. The lowest BCUT2D eigenvalue weighted by Crippen LogP contribution is -2.09. The molecule has 3 aromatic rings. The number of carbonyl (C=O) groups is 1. The summed E-state index contributed by atoms with van der Waals surface area (Å²) >= 11 is 12.0. The van der Waals surface area contributed by atoms with Crippen LogP contribution in [0.15, 0.2) is 53.1 Å². The van der Waals surface area contributed by atoms with Gasteiger partial charge >= 0.3 is 5.97 Å². The Morgan fingerprint density at radius 1 is 1.19 bits per heavy atom. The second kappa shape index (κ2) is 8.20. The molecule has 9 heteroatoms. The van der Waals surface area contributed by atoms with E-state index < -0.39 is 10.9 Å². The molecule has 0 saturated heterocycles. The molecule has 3 rings (SSSR count). The summed E-state index contributed by atoms with van der Waals surface area (Å²) in [7, 11) is 0. The smallest absolute Gasteiger partial charge is 0.311 e. The lowest BCUT2D eigenvalue weighted by atomic mass is 10.2. The number of benzene rings is 2. The standard InChI is InChI=1S/C18H12Cl2N2O5/c19-11-1-6-14(15(20)9-11)16-10-21-17(27-16)7-8-18(23)26-13-4-2-12(3-5-13)22(24)25/h1-6,9-10H,7-8H2. The lowest BCUT2D eigenvalue weighted by molar-refractivity contribution is -0.384. The quantitative estimate of drug-likeness (QED) is 0.244. The molecule has 0 fully saturated rings. The molecule has 138 valence electrons. The second-order valence-electron chi connectivity index (χ2n) is 5.47. The maximum Gasteiger partial charge on any atom is 0.311 e. The van der Waals surface area contributed by atoms with Crippen LogP contribution in [0.3, 0.4) is 0 Å². The maximum atomic E-state index is 11.9. The minimum absolute atomic E-state index is 0.0330. The molecule has 0 atom stereocenters. The number of aryl methyl sites for hydroxylation is 1. The summed E-state index contributed by atoms with van der Waals surface area (Å²) < 4.78 is 10.7. The Morgan fingerprint density at radius 3 is 2.59 bits per heavy atom. The van der Waals surface area contributed by atoms with Crippen molar-refractivity contribution in [1.82, 2.24) is 4.98 Å². The molecular formula is C18H12Cl2N2O5. The molecule has 2 aromatic carbocycles. The fourth-order valence-corrected chi connectivity index (χ4v) is 2.77. The van der Waals surface area contributed by atoms with Crippen LogP contribution in [0.4, 0.5) is 5.69 Å². The third kappa shape index (κ3) is 4.84. The van der Waals surface area contributed by atoms with Crippen LogP contribution in [-0.4, -0.2) is 15.9 Å². The first-order valence-corrected chi connectivity index (χ1v) is 8.53. The first-order valence-electron chi connectivity index (χ1n) is 7.77. The summed E-state index contributed by atoms with van der Waals surface area (Å²) in [6.07, 6.45) is 1.79. The number of nitrogens with zero attached hydrogens (tertiary/aromatic N) is 2. The van der Waals surface area contributed by atoms with Gasteiger partial charge in [-0.25, -0.2) is 4.98 Å². The van der Waals surface area contributed by atoms with Crippen molar-refractivity contribution in [3.63, 3.8) is 0 Å². The summed E-state index contributed by atoms with van der Waals surface area (Å²) in [5.74, 6) is 0.548. The number of carbonyl (C=O) groups excluding carboxylic acids is 1. The third-order valence-corrected chi connectivity index (χ3v) is 4.12. The van der Waals surface area contributed by atoms with E-state index in [9.17, 15) is 14.9 Å². The van der Waals surface area contributed by atoms with Crippen molar-refractivity contribution in [2.75, 3.05) is 0 Å². The minimum atomic E-state index is -0.529. The zero-order valence-corrected chi connectivity index (χ0v) is 15.2. The van der Waals surface area contributed by atoms with Crippen molar-refractivity contribution < 1.29 is 18.9 Å². The molecular weight excluding hydrogens is 395 g/mol. The van der Waals surface area contributed by atoms with Gasteiger partial charge < -0.3 is 9.15 Å². The Balaban J connectivity index is 1.58. The molecule has 0 aliphatic heterocycles.